The molecule has 0 saturated carbocycles. The Kier molecular flexibility index (Phi) is 6.97. The second-order valence-corrected chi connectivity index (χ2v) is 4.72. The first-order chi connectivity index (χ1) is 11.8. The van der Waals surface area contributed by atoms with Crippen LogP contribution in [-0.2, 0) is 6.54 Å². The minimum atomic E-state index is -0.270. The summed E-state index contributed by atoms with van der Waals surface area (Å²) in [5.41, 5.74) is 0.988. The lowest BCUT2D eigenvalue weighted by Gasteiger charge is -2.06. The maximum Gasteiger partial charge on any atom is 0.315 e. The van der Waals surface area contributed by atoms with Gasteiger partial charge in [0.2, 0.25) is 0 Å². The van der Waals surface area contributed by atoms with E-state index in [9.17, 15) is 4.79 Å². The molecule has 1 heterocycles. The van der Waals surface area contributed by atoms with E-state index in [1.165, 1.54) is 0 Å². The zero-order valence-corrected chi connectivity index (χ0v) is 13.4. The molecule has 2 amide bonds. The van der Waals surface area contributed by atoms with Crippen LogP contribution in [0.5, 0.6) is 11.5 Å². The number of pyridine rings is 1. The number of nitrogens with zero attached hydrogens (tertiary/aromatic N) is 1. The molecule has 6 heteroatoms. The monoisotopic (exact) mass is 325 g/mol. The van der Waals surface area contributed by atoms with Crippen LogP contribution >= 0.6 is 0 Å². The van der Waals surface area contributed by atoms with Gasteiger partial charge in [0.1, 0.15) is 18.1 Å². The zero-order chi connectivity index (χ0) is 17.0. The molecule has 0 spiro atoms. The lowest BCUT2D eigenvalue weighted by Crippen LogP contribution is -2.35. The number of ether oxygens (including phenoxy) is 2. The third kappa shape index (κ3) is 6.28. The van der Waals surface area contributed by atoms with Crippen LogP contribution < -0.4 is 20.1 Å². The molecule has 2 rings (SSSR count). The summed E-state index contributed by atoms with van der Waals surface area (Å²) in [5.74, 6) is 7.08. The zero-order valence-electron chi connectivity index (χ0n) is 13.4. The van der Waals surface area contributed by atoms with Gasteiger partial charge < -0.3 is 20.1 Å². The largest absolute Gasteiger partial charge is 0.497 e. The van der Waals surface area contributed by atoms with Crippen molar-refractivity contribution >= 4 is 6.03 Å². The summed E-state index contributed by atoms with van der Waals surface area (Å²) in [7, 11) is 1.61. The van der Waals surface area contributed by atoms with Crippen molar-refractivity contribution in [2.75, 3.05) is 20.3 Å². The van der Waals surface area contributed by atoms with Crippen LogP contribution in [0.1, 0.15) is 5.56 Å². The summed E-state index contributed by atoms with van der Waals surface area (Å²) in [5, 5.41) is 5.41. The first-order valence-electron chi connectivity index (χ1n) is 7.41. The molecular weight excluding hydrogens is 306 g/mol. The van der Waals surface area contributed by atoms with Crippen molar-refractivity contribution in [2.24, 2.45) is 0 Å². The Morgan fingerprint density at radius 3 is 2.67 bits per heavy atom. The second-order valence-electron chi connectivity index (χ2n) is 4.72. The number of nitrogens with one attached hydrogen (secondary N) is 2. The summed E-state index contributed by atoms with van der Waals surface area (Å²) in [6.45, 7) is 0.944. The third-order valence-electron chi connectivity index (χ3n) is 3.02. The molecule has 24 heavy (non-hydrogen) atoms. The van der Waals surface area contributed by atoms with E-state index in [0.29, 0.717) is 12.3 Å². The van der Waals surface area contributed by atoms with E-state index in [-0.39, 0.29) is 19.2 Å². The average molecular weight is 325 g/mol. The Morgan fingerprint density at radius 1 is 1.12 bits per heavy atom. The molecule has 2 N–H and O–H groups in total. The molecule has 124 valence electrons. The van der Waals surface area contributed by atoms with E-state index in [0.717, 1.165) is 11.3 Å². The van der Waals surface area contributed by atoms with Gasteiger partial charge in [-0.1, -0.05) is 24.0 Å². The SMILES string of the molecule is COc1ccc(CNC(=O)NCC#CCOc2cccnc2)cc1. The normalized spacial score (nSPS) is 9.38. The number of carbonyl (C=O) groups is 1. The van der Waals surface area contributed by atoms with Crippen LogP contribution in [-0.4, -0.2) is 31.3 Å². The van der Waals surface area contributed by atoms with Crippen molar-refractivity contribution in [2.45, 2.75) is 6.54 Å². The highest BCUT2D eigenvalue weighted by atomic mass is 16.5. The first kappa shape index (κ1) is 17.2. The van der Waals surface area contributed by atoms with Gasteiger partial charge in [-0.15, -0.1) is 0 Å². The third-order valence-corrected chi connectivity index (χ3v) is 3.02. The van der Waals surface area contributed by atoms with Crippen LogP contribution in [0.15, 0.2) is 48.8 Å². The summed E-state index contributed by atoms with van der Waals surface area (Å²) >= 11 is 0. The van der Waals surface area contributed by atoms with Crippen molar-refractivity contribution in [1.29, 1.82) is 0 Å². The summed E-state index contributed by atoms with van der Waals surface area (Å²) in [4.78, 5) is 15.6. The molecule has 0 bridgehead atoms. The molecule has 0 atom stereocenters. The Balaban J connectivity index is 1.60. The van der Waals surface area contributed by atoms with E-state index >= 15 is 0 Å². The van der Waals surface area contributed by atoms with Crippen LogP contribution in [0.4, 0.5) is 4.79 Å². The van der Waals surface area contributed by atoms with Crippen LogP contribution in [0.25, 0.3) is 0 Å². The van der Waals surface area contributed by atoms with Crippen molar-refractivity contribution in [1.82, 2.24) is 15.6 Å². The molecule has 0 unspecified atom stereocenters. The van der Waals surface area contributed by atoms with E-state index in [2.05, 4.69) is 27.5 Å². The number of benzene rings is 1. The Labute approximate surface area is 141 Å². The van der Waals surface area contributed by atoms with Gasteiger partial charge in [0.15, 0.2) is 0 Å². The minimum absolute atomic E-state index is 0.251. The number of aromatic nitrogens is 1. The molecule has 2 aromatic rings. The molecule has 1 aromatic heterocycles. The van der Waals surface area contributed by atoms with Crippen LogP contribution in [0.2, 0.25) is 0 Å². The van der Waals surface area contributed by atoms with Crippen molar-refractivity contribution < 1.29 is 14.3 Å². The highest BCUT2D eigenvalue weighted by Gasteiger charge is 1.99. The van der Waals surface area contributed by atoms with Crippen molar-refractivity contribution in [3.05, 3.63) is 54.4 Å². The number of urea groups is 1. The lowest BCUT2D eigenvalue weighted by atomic mass is 10.2. The van der Waals surface area contributed by atoms with Gasteiger partial charge in [-0.05, 0) is 29.8 Å². The molecule has 0 radical (unpaired) electrons. The number of carbonyl (C=O) groups excluding carboxylic acids is 1. The predicted octanol–water partition coefficient (Wildman–Crippen LogP) is 1.97. The van der Waals surface area contributed by atoms with Gasteiger partial charge in [0.25, 0.3) is 0 Å². The first-order valence-corrected chi connectivity index (χ1v) is 7.41. The fourth-order valence-corrected chi connectivity index (χ4v) is 1.78. The van der Waals surface area contributed by atoms with Crippen molar-refractivity contribution in [3.8, 4) is 23.3 Å². The predicted molar refractivity (Wildman–Crippen MR) is 90.7 cm³/mol. The van der Waals surface area contributed by atoms with Crippen LogP contribution in [0, 0.1) is 11.8 Å². The molecule has 0 fully saturated rings. The summed E-state index contributed by atoms with van der Waals surface area (Å²) < 4.78 is 10.4. The van der Waals surface area contributed by atoms with Gasteiger partial charge in [-0.2, -0.15) is 0 Å². The maximum atomic E-state index is 11.6. The average Bonchev–Trinajstić information content (AvgIpc) is 2.64. The van der Waals surface area contributed by atoms with Gasteiger partial charge >= 0.3 is 6.03 Å². The number of hydrogen-bond acceptors (Lipinski definition) is 4. The Hall–Kier alpha value is -3.20. The smallest absolute Gasteiger partial charge is 0.315 e. The Morgan fingerprint density at radius 2 is 1.96 bits per heavy atom. The number of hydrogen-bond donors (Lipinski definition) is 2. The van der Waals surface area contributed by atoms with Crippen molar-refractivity contribution in [3.63, 3.8) is 0 Å². The standard InChI is InChI=1S/C18H19N3O3/c1-23-16-8-6-15(7-9-16)13-21-18(22)20-11-2-3-12-24-17-5-4-10-19-14-17/h4-10,14H,11-13H2,1H3,(H2,20,21,22). The fraction of sp³-hybridized carbons (Fsp3) is 0.222. The number of rotatable bonds is 6. The molecule has 0 aliphatic rings. The quantitative estimate of drug-likeness (QED) is 0.797. The van der Waals surface area contributed by atoms with E-state index in [4.69, 9.17) is 9.47 Å². The number of amides is 2. The highest BCUT2D eigenvalue weighted by molar-refractivity contribution is 5.74. The van der Waals surface area contributed by atoms with Gasteiger partial charge in [-0.25, -0.2) is 4.79 Å². The van der Waals surface area contributed by atoms with Crippen LogP contribution in [0.3, 0.4) is 0 Å². The highest BCUT2D eigenvalue weighted by Crippen LogP contribution is 2.10. The van der Waals surface area contributed by atoms with E-state index < -0.39 is 0 Å². The summed E-state index contributed by atoms with van der Waals surface area (Å²) in [6, 6.07) is 10.8. The lowest BCUT2D eigenvalue weighted by molar-refractivity contribution is 0.241. The van der Waals surface area contributed by atoms with Gasteiger partial charge in [0.05, 0.1) is 19.9 Å². The van der Waals surface area contributed by atoms with Gasteiger partial charge in [0, 0.05) is 12.7 Å². The molecule has 1 aromatic carbocycles. The fourth-order valence-electron chi connectivity index (χ4n) is 1.78. The summed E-state index contributed by atoms with van der Waals surface area (Å²) in [6.07, 6.45) is 3.29. The molecule has 0 saturated heterocycles. The van der Waals surface area contributed by atoms with E-state index in [1.54, 1.807) is 31.6 Å². The number of methoxy groups -OCH3 is 1. The molecule has 6 nitrogen and oxygen atoms in total. The molecule has 0 aliphatic heterocycles. The Bertz CT molecular complexity index is 691. The minimum Gasteiger partial charge on any atom is -0.497 e. The molecule has 0 aliphatic carbocycles. The maximum absolute atomic E-state index is 11.6. The second kappa shape index (κ2) is 9.74. The van der Waals surface area contributed by atoms with Gasteiger partial charge in [-0.3, -0.25) is 4.98 Å². The topological polar surface area (TPSA) is 72.5 Å². The van der Waals surface area contributed by atoms with E-state index in [1.807, 2.05) is 24.3 Å². The molecular formula is C18H19N3O3.